The summed E-state index contributed by atoms with van der Waals surface area (Å²) in [4.78, 5) is 28.8. The van der Waals surface area contributed by atoms with Crippen LogP contribution in [-0.2, 0) is 4.79 Å². The molecule has 0 aromatic heterocycles. The molecule has 180 valence electrons. The molecule has 1 saturated heterocycles. The fourth-order valence-corrected chi connectivity index (χ4v) is 5.31. The number of carbonyl (C=O) groups excluding carboxylic acids is 2. The number of hydrogen-bond donors (Lipinski definition) is 2. The summed E-state index contributed by atoms with van der Waals surface area (Å²) in [5.74, 6) is -0.0934. The van der Waals surface area contributed by atoms with Gasteiger partial charge in [-0.15, -0.1) is 0 Å². The zero-order valence-electron chi connectivity index (χ0n) is 19.9. The van der Waals surface area contributed by atoms with Gasteiger partial charge in [0.1, 0.15) is 5.92 Å². The van der Waals surface area contributed by atoms with Crippen molar-refractivity contribution in [2.45, 2.75) is 32.5 Å². The van der Waals surface area contributed by atoms with Gasteiger partial charge in [0.15, 0.2) is 11.5 Å². The number of ether oxygens (including phenoxy) is 2. The van der Waals surface area contributed by atoms with E-state index in [0.29, 0.717) is 33.5 Å². The topological polar surface area (TPSA) is 79.9 Å². The van der Waals surface area contributed by atoms with E-state index in [2.05, 4.69) is 10.6 Å². The summed E-state index contributed by atoms with van der Waals surface area (Å²) in [6.07, 6.45) is 0. The second-order valence-corrected chi connectivity index (χ2v) is 9.44. The van der Waals surface area contributed by atoms with Crippen LogP contribution in [0.5, 0.6) is 11.5 Å². The minimum atomic E-state index is -1.40. The maximum absolute atomic E-state index is 13.9. The van der Waals surface area contributed by atoms with Crippen molar-refractivity contribution in [3.05, 3.63) is 82.4 Å². The highest BCUT2D eigenvalue weighted by Gasteiger charge is 2.61. The van der Waals surface area contributed by atoms with Crippen LogP contribution in [0, 0.1) is 19.8 Å². The number of fused-ring (bicyclic) bond motifs is 4. The lowest BCUT2D eigenvalue weighted by Crippen LogP contribution is -2.72. The molecule has 0 saturated carbocycles. The molecule has 3 aromatic carbocycles. The number of amides is 3. The van der Waals surface area contributed by atoms with Gasteiger partial charge in [0.2, 0.25) is 11.6 Å². The fourth-order valence-electron chi connectivity index (χ4n) is 5.09. The zero-order chi connectivity index (χ0) is 24.9. The van der Waals surface area contributed by atoms with Crippen molar-refractivity contribution in [1.29, 1.82) is 0 Å². The number of rotatable bonds is 4. The molecule has 2 bridgehead atoms. The molecule has 0 unspecified atom stereocenters. The molecular formula is C27H26ClN3O4. The Balaban J connectivity index is 1.66. The summed E-state index contributed by atoms with van der Waals surface area (Å²) in [7, 11) is 1.56. The maximum atomic E-state index is 13.9. The van der Waals surface area contributed by atoms with Gasteiger partial charge in [0.05, 0.1) is 23.9 Å². The van der Waals surface area contributed by atoms with Crippen LogP contribution in [0.15, 0.2) is 60.7 Å². The van der Waals surface area contributed by atoms with Gasteiger partial charge in [-0.3, -0.25) is 9.69 Å². The van der Waals surface area contributed by atoms with Crippen LogP contribution in [-0.4, -0.2) is 24.8 Å². The van der Waals surface area contributed by atoms with Gasteiger partial charge in [0.25, 0.3) is 0 Å². The van der Waals surface area contributed by atoms with Crippen LogP contribution in [0.25, 0.3) is 0 Å². The van der Waals surface area contributed by atoms with E-state index in [-0.39, 0.29) is 5.91 Å². The Morgan fingerprint density at radius 1 is 1.14 bits per heavy atom. The highest BCUT2D eigenvalue weighted by Crippen LogP contribution is 2.53. The largest absolute Gasteiger partial charge is 0.493 e. The first-order valence-electron chi connectivity index (χ1n) is 11.3. The lowest BCUT2D eigenvalue weighted by molar-refractivity contribution is -0.131. The van der Waals surface area contributed by atoms with Crippen molar-refractivity contribution in [2.75, 3.05) is 17.3 Å². The van der Waals surface area contributed by atoms with E-state index in [4.69, 9.17) is 21.1 Å². The number of benzene rings is 3. The summed E-state index contributed by atoms with van der Waals surface area (Å²) in [6.45, 7) is 5.69. The van der Waals surface area contributed by atoms with Crippen molar-refractivity contribution in [1.82, 2.24) is 5.32 Å². The molecule has 3 amide bonds. The van der Waals surface area contributed by atoms with Crippen LogP contribution in [0.1, 0.15) is 29.7 Å². The minimum Gasteiger partial charge on any atom is -0.493 e. The fraction of sp³-hybridized carbons (Fsp3) is 0.259. The molecule has 35 heavy (non-hydrogen) atoms. The summed E-state index contributed by atoms with van der Waals surface area (Å²) in [6, 6.07) is 17.2. The van der Waals surface area contributed by atoms with Crippen molar-refractivity contribution in [2.24, 2.45) is 5.92 Å². The minimum absolute atomic E-state index is 0.282. The lowest BCUT2D eigenvalue weighted by atomic mass is 9.78. The first-order valence-corrected chi connectivity index (χ1v) is 11.7. The third-order valence-electron chi connectivity index (χ3n) is 6.73. The number of nitrogens with zero attached hydrogens (tertiary/aromatic N) is 1. The molecule has 5 rings (SSSR count). The van der Waals surface area contributed by atoms with Gasteiger partial charge in [0, 0.05) is 11.3 Å². The van der Waals surface area contributed by atoms with E-state index in [0.717, 1.165) is 11.1 Å². The number of methoxy groups -OCH3 is 1. The Kier molecular flexibility index (Phi) is 5.60. The van der Waals surface area contributed by atoms with Crippen LogP contribution in [0.4, 0.5) is 16.2 Å². The molecule has 3 aromatic rings. The Hall–Kier alpha value is -3.71. The van der Waals surface area contributed by atoms with E-state index in [1.165, 1.54) is 4.90 Å². The molecule has 7 nitrogen and oxygen atoms in total. The molecule has 2 heterocycles. The first-order chi connectivity index (χ1) is 16.7. The predicted octanol–water partition coefficient (Wildman–Crippen LogP) is 5.60. The van der Waals surface area contributed by atoms with E-state index in [9.17, 15) is 9.59 Å². The van der Waals surface area contributed by atoms with Crippen molar-refractivity contribution >= 4 is 34.9 Å². The number of para-hydroxylation sites is 2. The predicted molar refractivity (Wildman–Crippen MR) is 135 cm³/mol. The second kappa shape index (κ2) is 8.50. The smallest absolute Gasteiger partial charge is 0.325 e. The van der Waals surface area contributed by atoms with Crippen molar-refractivity contribution in [3.63, 3.8) is 0 Å². The summed E-state index contributed by atoms with van der Waals surface area (Å²) < 4.78 is 12.1. The van der Waals surface area contributed by atoms with E-state index < -0.39 is 23.7 Å². The Morgan fingerprint density at radius 3 is 2.63 bits per heavy atom. The molecule has 2 N–H and O–H groups in total. The highest BCUT2D eigenvalue weighted by molar-refractivity contribution is 6.33. The lowest BCUT2D eigenvalue weighted by Gasteiger charge is -2.54. The number of urea groups is 1. The van der Waals surface area contributed by atoms with E-state index in [1.807, 2.05) is 44.2 Å². The van der Waals surface area contributed by atoms with Crippen LogP contribution in [0.3, 0.4) is 0 Å². The standard InChI is InChI=1S/C27H26ClN3O4/c1-15-12-13-19(16(2)14-15)29-25(32)22-23-17-8-7-11-21(34-4)24(17)35-27(22,3)31(26(33)30-23)20-10-6-5-9-18(20)28/h5-14,22-23H,1-4H3,(H,29,32)(H,30,33)/t22-,23+,27+/m0/s1. The molecule has 0 spiro atoms. The molecular weight excluding hydrogens is 466 g/mol. The molecule has 0 radical (unpaired) electrons. The first kappa shape index (κ1) is 23.1. The van der Waals surface area contributed by atoms with E-state index >= 15 is 0 Å². The maximum Gasteiger partial charge on any atom is 0.325 e. The molecule has 2 aliphatic rings. The van der Waals surface area contributed by atoms with Gasteiger partial charge < -0.3 is 20.1 Å². The van der Waals surface area contributed by atoms with Crippen LogP contribution >= 0.6 is 11.6 Å². The second-order valence-electron chi connectivity index (χ2n) is 9.03. The molecule has 1 fully saturated rings. The third kappa shape index (κ3) is 3.67. The van der Waals surface area contributed by atoms with Gasteiger partial charge in [-0.05, 0) is 50.6 Å². The third-order valence-corrected chi connectivity index (χ3v) is 7.04. The average molecular weight is 492 g/mol. The normalized spacial score (nSPS) is 22.5. The summed E-state index contributed by atoms with van der Waals surface area (Å²) >= 11 is 6.51. The molecule has 0 aliphatic carbocycles. The van der Waals surface area contributed by atoms with Gasteiger partial charge >= 0.3 is 6.03 Å². The highest BCUT2D eigenvalue weighted by atomic mass is 35.5. The average Bonchev–Trinajstić information content (AvgIpc) is 2.81. The number of nitrogens with one attached hydrogen (secondary N) is 2. The van der Waals surface area contributed by atoms with Crippen LogP contribution in [0.2, 0.25) is 5.02 Å². The van der Waals surface area contributed by atoms with Crippen molar-refractivity contribution in [3.8, 4) is 11.5 Å². The SMILES string of the molecule is COc1cccc2c1O[C@]1(C)[C@H](C(=O)Nc3ccc(C)cc3C)[C@@H]2NC(=O)N1c1ccccc1Cl. The van der Waals surface area contributed by atoms with Gasteiger partial charge in [-0.1, -0.05) is 53.6 Å². The number of hydrogen-bond acceptors (Lipinski definition) is 4. The van der Waals surface area contributed by atoms with Crippen LogP contribution < -0.4 is 25.0 Å². The Labute approximate surface area is 209 Å². The van der Waals surface area contributed by atoms with E-state index in [1.54, 1.807) is 44.4 Å². The monoisotopic (exact) mass is 491 g/mol. The Morgan fingerprint density at radius 2 is 1.91 bits per heavy atom. The summed E-state index contributed by atoms with van der Waals surface area (Å²) in [5.41, 5.74) is 2.46. The summed E-state index contributed by atoms with van der Waals surface area (Å²) in [5, 5.41) is 6.46. The number of anilines is 2. The Bertz CT molecular complexity index is 1340. The number of carbonyl (C=O) groups is 2. The quantitative estimate of drug-likeness (QED) is 0.498. The molecule has 8 heteroatoms. The molecule has 3 atom stereocenters. The van der Waals surface area contributed by atoms with Gasteiger partial charge in [-0.2, -0.15) is 0 Å². The zero-order valence-corrected chi connectivity index (χ0v) is 20.6. The number of halogens is 1. The van der Waals surface area contributed by atoms with Gasteiger partial charge in [-0.25, -0.2) is 4.79 Å². The number of aryl methyl sites for hydroxylation is 2. The van der Waals surface area contributed by atoms with Crippen molar-refractivity contribution < 1.29 is 19.1 Å². The molecule has 2 aliphatic heterocycles.